The van der Waals surface area contributed by atoms with Crippen LogP contribution in [0.4, 0.5) is 5.82 Å². The summed E-state index contributed by atoms with van der Waals surface area (Å²) in [5.41, 5.74) is 3.54. The first-order valence-corrected chi connectivity index (χ1v) is 12.0. The van der Waals surface area contributed by atoms with Crippen LogP contribution in [0.25, 0.3) is 27.9 Å². The van der Waals surface area contributed by atoms with Crippen molar-refractivity contribution in [2.45, 2.75) is 13.0 Å². The van der Waals surface area contributed by atoms with E-state index in [0.717, 1.165) is 16.7 Å². The largest absolute Gasteiger partial charge is 0.361 e. The minimum absolute atomic E-state index is 0.128. The van der Waals surface area contributed by atoms with Crippen molar-refractivity contribution in [3.8, 4) is 11.4 Å². The van der Waals surface area contributed by atoms with Crippen molar-refractivity contribution in [3.63, 3.8) is 0 Å². The molecule has 1 fully saturated rings. The van der Waals surface area contributed by atoms with Gasteiger partial charge in [0.1, 0.15) is 22.9 Å². The maximum atomic E-state index is 13.5. The molecule has 188 valence electrons. The van der Waals surface area contributed by atoms with Gasteiger partial charge in [0.15, 0.2) is 0 Å². The Morgan fingerprint density at radius 2 is 1.89 bits per heavy atom. The van der Waals surface area contributed by atoms with E-state index in [2.05, 4.69) is 31.5 Å². The second-order valence-corrected chi connectivity index (χ2v) is 9.23. The quantitative estimate of drug-likeness (QED) is 0.423. The average Bonchev–Trinajstić information content (AvgIpc) is 3.36. The highest BCUT2D eigenvalue weighted by Crippen LogP contribution is 2.31. The Balaban J connectivity index is 1.34. The van der Waals surface area contributed by atoms with Gasteiger partial charge < -0.3 is 19.7 Å². The van der Waals surface area contributed by atoms with Gasteiger partial charge >= 0.3 is 0 Å². The fourth-order valence-corrected chi connectivity index (χ4v) is 4.56. The second-order valence-electron chi connectivity index (χ2n) is 9.23. The highest BCUT2D eigenvalue weighted by Gasteiger charge is 2.32. The molecular weight excluding hydrogens is 468 g/mol. The summed E-state index contributed by atoms with van der Waals surface area (Å²) in [4.78, 5) is 52.6. The Kier molecular flexibility index (Phi) is 6.39. The molecule has 4 aromatic rings. The van der Waals surface area contributed by atoms with Crippen molar-refractivity contribution in [2.24, 2.45) is 0 Å². The maximum Gasteiger partial charge on any atom is 0.272 e. The molecule has 5 rings (SSSR count). The molecule has 1 atom stereocenters. The first-order valence-electron chi connectivity index (χ1n) is 12.0. The molecule has 0 aromatic carbocycles. The van der Waals surface area contributed by atoms with E-state index in [0.29, 0.717) is 47.9 Å². The molecule has 10 nitrogen and oxygen atoms in total. The van der Waals surface area contributed by atoms with E-state index < -0.39 is 0 Å². The van der Waals surface area contributed by atoms with Crippen LogP contribution in [0.5, 0.6) is 0 Å². The van der Waals surface area contributed by atoms with Gasteiger partial charge in [-0.2, -0.15) is 0 Å². The van der Waals surface area contributed by atoms with Crippen LogP contribution in [0, 0.1) is 0 Å². The molecule has 1 aliphatic heterocycles. The van der Waals surface area contributed by atoms with Crippen LogP contribution in [0.15, 0.2) is 61.8 Å². The summed E-state index contributed by atoms with van der Waals surface area (Å²) in [6.07, 6.45) is 8.46. The summed E-state index contributed by atoms with van der Waals surface area (Å²) in [6, 6.07) is 6.96. The molecule has 10 heteroatoms. The van der Waals surface area contributed by atoms with Crippen LogP contribution < -0.4 is 4.90 Å². The molecule has 4 aromatic heterocycles. The summed E-state index contributed by atoms with van der Waals surface area (Å²) in [6.45, 7) is 7.36. The zero-order valence-corrected chi connectivity index (χ0v) is 21.0. The van der Waals surface area contributed by atoms with Crippen molar-refractivity contribution >= 4 is 34.1 Å². The molecule has 5 heterocycles. The molecular formula is C27H28N8O2. The maximum absolute atomic E-state index is 13.5. The summed E-state index contributed by atoms with van der Waals surface area (Å²) < 4.78 is 0. The molecule has 0 saturated carbocycles. The number of hydrogen-bond donors (Lipinski definition) is 1. The minimum atomic E-state index is -0.168. The lowest BCUT2D eigenvalue weighted by Gasteiger charge is -2.40. The number of aromatic amines is 1. The van der Waals surface area contributed by atoms with Crippen molar-refractivity contribution in [3.05, 3.63) is 73.1 Å². The van der Waals surface area contributed by atoms with Gasteiger partial charge in [0.05, 0.1) is 17.9 Å². The Hall–Kier alpha value is -4.60. The Morgan fingerprint density at radius 3 is 2.57 bits per heavy atom. The predicted molar refractivity (Wildman–Crippen MR) is 142 cm³/mol. The van der Waals surface area contributed by atoms with E-state index >= 15 is 0 Å². The third-order valence-corrected chi connectivity index (χ3v) is 6.58. The van der Waals surface area contributed by atoms with Gasteiger partial charge in [-0.05, 0) is 25.1 Å². The molecule has 0 bridgehead atoms. The third-order valence-electron chi connectivity index (χ3n) is 6.58. The normalized spacial score (nSPS) is 15.6. The van der Waals surface area contributed by atoms with Crippen molar-refractivity contribution in [1.29, 1.82) is 0 Å². The summed E-state index contributed by atoms with van der Waals surface area (Å²) >= 11 is 0. The second kappa shape index (κ2) is 9.81. The number of anilines is 1. The lowest BCUT2D eigenvalue weighted by atomic mass is 10.0. The zero-order chi connectivity index (χ0) is 26.1. The average molecular weight is 497 g/mol. The number of H-pyrrole nitrogens is 1. The molecule has 0 radical (unpaired) electrons. The number of pyridine rings is 2. The standard InChI is InChI=1S/C27H28N8O2/c1-17-16-34(27(37)21-7-5-6-9-28-21)11-12-35(17)26(36)18(2)20-13-32-24-19(20)8-10-29-25(24)22-14-31-23(15-30-22)33(3)4/h5-10,13-15,17,32H,2,11-12,16H2,1,3-4H3/t17-/m0/s1. The molecule has 1 saturated heterocycles. The third kappa shape index (κ3) is 4.53. The molecule has 37 heavy (non-hydrogen) atoms. The molecule has 0 spiro atoms. The topological polar surface area (TPSA) is 111 Å². The zero-order valence-electron chi connectivity index (χ0n) is 21.0. The van der Waals surface area contributed by atoms with Crippen molar-refractivity contribution < 1.29 is 9.59 Å². The molecule has 1 N–H and O–H groups in total. The van der Waals surface area contributed by atoms with Crippen LogP contribution in [0.2, 0.25) is 0 Å². The summed E-state index contributed by atoms with van der Waals surface area (Å²) in [5, 5.41) is 0.832. The number of hydrogen-bond acceptors (Lipinski definition) is 7. The van der Waals surface area contributed by atoms with E-state index in [1.807, 2.05) is 32.0 Å². The van der Waals surface area contributed by atoms with E-state index in [9.17, 15) is 9.59 Å². The number of fused-ring (bicyclic) bond motifs is 1. The van der Waals surface area contributed by atoms with Crippen LogP contribution in [-0.4, -0.2) is 86.3 Å². The summed E-state index contributed by atoms with van der Waals surface area (Å²) in [5.74, 6) is 0.460. The molecule has 0 unspecified atom stereocenters. The van der Waals surface area contributed by atoms with Crippen LogP contribution in [-0.2, 0) is 4.79 Å². The Bertz CT molecular complexity index is 1460. The number of carbonyl (C=O) groups excluding carboxylic acids is 2. The van der Waals surface area contributed by atoms with Crippen molar-refractivity contribution in [2.75, 3.05) is 38.6 Å². The van der Waals surface area contributed by atoms with E-state index in [-0.39, 0.29) is 17.9 Å². The number of amides is 2. The Morgan fingerprint density at radius 1 is 1.05 bits per heavy atom. The predicted octanol–water partition coefficient (Wildman–Crippen LogP) is 2.87. The van der Waals surface area contributed by atoms with Crippen molar-refractivity contribution in [1.82, 2.24) is 34.7 Å². The fraction of sp³-hybridized carbons (Fsp3) is 0.259. The first kappa shape index (κ1) is 24.1. The van der Waals surface area contributed by atoms with Gasteiger partial charge in [-0.1, -0.05) is 12.6 Å². The number of rotatable bonds is 5. The monoisotopic (exact) mass is 496 g/mol. The molecule has 0 aliphatic carbocycles. The van der Waals surface area contributed by atoms with Crippen LogP contribution >= 0.6 is 0 Å². The highest BCUT2D eigenvalue weighted by molar-refractivity contribution is 6.22. The van der Waals surface area contributed by atoms with Gasteiger partial charge in [0, 0.05) is 74.9 Å². The number of piperazine rings is 1. The summed E-state index contributed by atoms with van der Waals surface area (Å²) in [7, 11) is 3.81. The van der Waals surface area contributed by atoms with Gasteiger partial charge in [0.25, 0.3) is 11.8 Å². The molecule has 2 amide bonds. The minimum Gasteiger partial charge on any atom is -0.361 e. The lowest BCUT2D eigenvalue weighted by Crippen LogP contribution is -2.55. The lowest BCUT2D eigenvalue weighted by molar-refractivity contribution is -0.128. The smallest absolute Gasteiger partial charge is 0.272 e. The number of carbonyl (C=O) groups is 2. The van der Waals surface area contributed by atoms with Crippen LogP contribution in [0.3, 0.4) is 0 Å². The van der Waals surface area contributed by atoms with E-state index in [1.165, 1.54) is 0 Å². The van der Waals surface area contributed by atoms with Gasteiger partial charge in [-0.25, -0.2) is 9.97 Å². The van der Waals surface area contributed by atoms with Crippen LogP contribution in [0.1, 0.15) is 23.0 Å². The first-order chi connectivity index (χ1) is 17.8. The molecule has 1 aliphatic rings. The van der Waals surface area contributed by atoms with Gasteiger partial charge in [0.2, 0.25) is 0 Å². The Labute approximate surface area is 214 Å². The van der Waals surface area contributed by atoms with E-state index in [1.54, 1.807) is 59.0 Å². The van der Waals surface area contributed by atoms with Gasteiger partial charge in [-0.15, -0.1) is 0 Å². The highest BCUT2D eigenvalue weighted by atomic mass is 16.2. The SMILES string of the molecule is C=C(C(=O)N1CCN(C(=O)c2ccccn2)C[C@@H]1C)c1c[nH]c2c(-c3cnc(N(C)C)cn3)nccc12. The van der Waals surface area contributed by atoms with E-state index in [4.69, 9.17) is 0 Å². The number of aromatic nitrogens is 5. The van der Waals surface area contributed by atoms with Gasteiger partial charge in [-0.3, -0.25) is 19.6 Å². The number of nitrogens with zero attached hydrogens (tertiary/aromatic N) is 7. The number of nitrogens with one attached hydrogen (secondary N) is 1. The fourth-order valence-electron chi connectivity index (χ4n) is 4.56.